The van der Waals surface area contributed by atoms with Crippen molar-refractivity contribution in [3.8, 4) is 0 Å². The number of aryl methyl sites for hydroxylation is 1. The van der Waals surface area contributed by atoms with Gasteiger partial charge < -0.3 is 10.2 Å². The average molecular weight is 365 g/mol. The molecule has 6 heteroatoms. The Morgan fingerprint density at radius 3 is 2.67 bits per heavy atom. The summed E-state index contributed by atoms with van der Waals surface area (Å²) < 4.78 is 0. The number of anilines is 3. The van der Waals surface area contributed by atoms with E-state index < -0.39 is 0 Å². The van der Waals surface area contributed by atoms with E-state index in [2.05, 4.69) is 22.1 Å². The smallest absolute Gasteiger partial charge is 0.229 e. The molecule has 0 aliphatic carbocycles. The molecule has 1 aliphatic heterocycles. The van der Waals surface area contributed by atoms with Gasteiger partial charge in [0, 0.05) is 24.3 Å². The maximum absolute atomic E-state index is 6.24. The molecule has 0 saturated carbocycles. The van der Waals surface area contributed by atoms with Crippen molar-refractivity contribution in [2.45, 2.75) is 45.6 Å². The molecule has 24 heavy (non-hydrogen) atoms. The molecule has 3 rings (SSSR count). The van der Waals surface area contributed by atoms with Crippen molar-refractivity contribution in [1.82, 2.24) is 9.97 Å². The van der Waals surface area contributed by atoms with Crippen LogP contribution in [0.4, 0.5) is 17.5 Å². The first-order valence-electron chi connectivity index (χ1n) is 8.42. The number of rotatable bonds is 4. The number of halogens is 2. The van der Waals surface area contributed by atoms with Crippen molar-refractivity contribution in [2.75, 3.05) is 16.8 Å². The fraction of sp³-hybridized carbons (Fsp3) is 0.444. The molecule has 1 unspecified atom stereocenters. The summed E-state index contributed by atoms with van der Waals surface area (Å²) in [6.45, 7) is 5.26. The fourth-order valence-electron chi connectivity index (χ4n) is 3.21. The van der Waals surface area contributed by atoms with Gasteiger partial charge in [0.25, 0.3) is 0 Å². The second-order valence-electron chi connectivity index (χ2n) is 6.16. The Balaban J connectivity index is 1.91. The number of aromatic nitrogens is 2. The highest BCUT2D eigenvalue weighted by atomic mass is 35.5. The highest BCUT2D eigenvalue weighted by molar-refractivity contribution is 6.39. The Hall–Kier alpha value is -1.52. The summed E-state index contributed by atoms with van der Waals surface area (Å²) in [7, 11) is 0. The van der Waals surface area contributed by atoms with E-state index in [4.69, 9.17) is 28.2 Å². The Bertz CT molecular complexity index is 700. The Morgan fingerprint density at radius 2 is 1.96 bits per heavy atom. The fourth-order valence-corrected chi connectivity index (χ4v) is 3.70. The largest absolute Gasteiger partial charge is 0.353 e. The maximum Gasteiger partial charge on any atom is 0.229 e. The van der Waals surface area contributed by atoms with Gasteiger partial charge in [-0.2, -0.15) is 4.98 Å². The molecule has 2 aromatic rings. The molecular weight excluding hydrogens is 343 g/mol. The number of benzene rings is 1. The Labute approximate surface area is 153 Å². The molecule has 4 nitrogen and oxygen atoms in total. The molecule has 1 aliphatic rings. The summed E-state index contributed by atoms with van der Waals surface area (Å²) in [4.78, 5) is 11.6. The molecule has 128 valence electrons. The summed E-state index contributed by atoms with van der Waals surface area (Å²) >= 11 is 12.5. The minimum atomic E-state index is 0.528. The molecule has 1 fully saturated rings. The number of hydrogen-bond acceptors (Lipinski definition) is 4. The Morgan fingerprint density at radius 1 is 1.21 bits per heavy atom. The molecule has 1 aromatic heterocycles. The SMILES string of the molecule is CCC1CCCCN1c1cc(C)nc(Nc2c(Cl)cccc2Cl)n1. The summed E-state index contributed by atoms with van der Waals surface area (Å²) in [6.07, 6.45) is 4.85. The summed E-state index contributed by atoms with van der Waals surface area (Å²) in [5.41, 5.74) is 1.56. The van der Waals surface area contributed by atoms with Crippen molar-refractivity contribution in [1.29, 1.82) is 0 Å². The standard InChI is InChI=1S/C18H22Cl2N4/c1-3-13-7-4-5-10-24(13)16-11-12(2)21-18(22-16)23-17-14(19)8-6-9-15(17)20/h6,8-9,11,13H,3-5,7,10H2,1-2H3,(H,21,22,23). The van der Waals surface area contributed by atoms with Gasteiger partial charge in [0.2, 0.25) is 5.95 Å². The quantitative estimate of drug-likeness (QED) is 0.765. The van der Waals surface area contributed by atoms with Crippen LogP contribution in [0.2, 0.25) is 10.0 Å². The van der Waals surface area contributed by atoms with Crippen molar-refractivity contribution >= 4 is 40.7 Å². The van der Waals surface area contributed by atoms with Crippen molar-refractivity contribution in [2.24, 2.45) is 0 Å². The van der Waals surface area contributed by atoms with E-state index in [1.807, 2.05) is 19.1 Å². The third-order valence-corrected chi connectivity index (χ3v) is 5.06. The normalized spacial score (nSPS) is 17.8. The number of hydrogen-bond donors (Lipinski definition) is 1. The monoisotopic (exact) mass is 364 g/mol. The van der Waals surface area contributed by atoms with Crippen molar-refractivity contribution < 1.29 is 0 Å². The van der Waals surface area contributed by atoms with Crippen LogP contribution in [0.1, 0.15) is 38.3 Å². The summed E-state index contributed by atoms with van der Waals surface area (Å²) in [5.74, 6) is 1.50. The van der Waals surface area contributed by atoms with E-state index in [0.717, 1.165) is 24.5 Å². The Kier molecular flexibility index (Phi) is 5.47. The number of piperidine rings is 1. The zero-order valence-electron chi connectivity index (χ0n) is 14.0. The molecule has 1 atom stereocenters. The first-order chi connectivity index (χ1) is 11.6. The molecule has 0 bridgehead atoms. The van der Waals surface area contributed by atoms with Crippen molar-refractivity contribution in [3.05, 3.63) is 40.0 Å². The van der Waals surface area contributed by atoms with E-state index in [0.29, 0.717) is 27.7 Å². The third-order valence-electron chi connectivity index (χ3n) is 4.43. The van der Waals surface area contributed by atoms with Crippen LogP contribution in [0.15, 0.2) is 24.3 Å². The minimum Gasteiger partial charge on any atom is -0.353 e. The third kappa shape index (κ3) is 3.76. The molecule has 0 amide bonds. The van der Waals surface area contributed by atoms with Gasteiger partial charge in [0.15, 0.2) is 0 Å². The van der Waals surface area contributed by atoms with Gasteiger partial charge in [-0.3, -0.25) is 0 Å². The van der Waals surface area contributed by atoms with Crippen LogP contribution in [-0.2, 0) is 0 Å². The molecule has 2 heterocycles. The predicted octanol–water partition coefficient (Wildman–Crippen LogP) is 5.60. The highest BCUT2D eigenvalue weighted by Gasteiger charge is 2.23. The summed E-state index contributed by atoms with van der Waals surface area (Å²) in [5, 5.41) is 4.29. The van der Waals surface area contributed by atoms with Gasteiger partial charge in [-0.1, -0.05) is 36.2 Å². The van der Waals surface area contributed by atoms with E-state index in [-0.39, 0.29) is 0 Å². The second-order valence-corrected chi connectivity index (χ2v) is 6.98. The molecule has 1 saturated heterocycles. The molecule has 0 radical (unpaired) electrons. The summed E-state index contributed by atoms with van der Waals surface area (Å²) in [6, 6.07) is 8.00. The maximum atomic E-state index is 6.24. The van der Waals surface area contributed by atoms with E-state index in [1.54, 1.807) is 12.1 Å². The highest BCUT2D eigenvalue weighted by Crippen LogP contribution is 2.32. The van der Waals surface area contributed by atoms with Gasteiger partial charge in [0.05, 0.1) is 15.7 Å². The average Bonchev–Trinajstić information content (AvgIpc) is 2.58. The van der Waals surface area contributed by atoms with Crippen LogP contribution in [0, 0.1) is 6.92 Å². The van der Waals surface area contributed by atoms with Crippen LogP contribution < -0.4 is 10.2 Å². The van der Waals surface area contributed by atoms with E-state index in [1.165, 1.54) is 19.3 Å². The molecule has 0 spiro atoms. The van der Waals surface area contributed by atoms with Gasteiger partial charge in [0.1, 0.15) is 5.82 Å². The van der Waals surface area contributed by atoms with Gasteiger partial charge >= 0.3 is 0 Å². The molecule has 1 N–H and O–H groups in total. The molecule has 1 aromatic carbocycles. The first-order valence-corrected chi connectivity index (χ1v) is 9.17. The van der Waals surface area contributed by atoms with Gasteiger partial charge in [-0.05, 0) is 44.7 Å². The van der Waals surface area contributed by atoms with Gasteiger partial charge in [-0.15, -0.1) is 0 Å². The zero-order valence-corrected chi connectivity index (χ0v) is 15.5. The minimum absolute atomic E-state index is 0.528. The van der Waals surface area contributed by atoms with Crippen molar-refractivity contribution in [3.63, 3.8) is 0 Å². The number of nitrogens with one attached hydrogen (secondary N) is 1. The van der Waals surface area contributed by atoms with Crippen LogP contribution >= 0.6 is 23.2 Å². The topological polar surface area (TPSA) is 41.1 Å². The lowest BCUT2D eigenvalue weighted by atomic mass is 10.00. The number of nitrogens with zero attached hydrogens (tertiary/aromatic N) is 3. The molecular formula is C18H22Cl2N4. The van der Waals surface area contributed by atoms with E-state index >= 15 is 0 Å². The van der Waals surface area contributed by atoms with Crippen LogP contribution in [0.25, 0.3) is 0 Å². The lowest BCUT2D eigenvalue weighted by molar-refractivity contribution is 0.446. The van der Waals surface area contributed by atoms with Crippen LogP contribution in [-0.4, -0.2) is 22.6 Å². The zero-order chi connectivity index (χ0) is 17.1. The number of para-hydroxylation sites is 1. The second kappa shape index (κ2) is 7.58. The van der Waals surface area contributed by atoms with E-state index in [9.17, 15) is 0 Å². The lowest BCUT2D eigenvalue weighted by Gasteiger charge is -2.36. The lowest BCUT2D eigenvalue weighted by Crippen LogP contribution is -2.39. The van der Waals surface area contributed by atoms with Crippen LogP contribution in [0.3, 0.4) is 0 Å². The van der Waals surface area contributed by atoms with Crippen LogP contribution in [0.5, 0.6) is 0 Å². The first kappa shape index (κ1) is 17.3. The predicted molar refractivity (Wildman–Crippen MR) is 102 cm³/mol. The van der Waals surface area contributed by atoms with Gasteiger partial charge in [-0.25, -0.2) is 4.98 Å².